The summed E-state index contributed by atoms with van der Waals surface area (Å²) in [7, 11) is 0. The minimum Gasteiger partial charge on any atom is -0.478 e. The minimum atomic E-state index is -1.10. The maximum atomic E-state index is 13.9. The lowest BCUT2D eigenvalue weighted by Gasteiger charge is -2.06. The van der Waals surface area contributed by atoms with Crippen molar-refractivity contribution in [1.29, 1.82) is 0 Å². The Balaban J connectivity index is 2.09. The molecule has 0 aliphatic carbocycles. The van der Waals surface area contributed by atoms with Crippen LogP contribution in [0.25, 0.3) is 17.0 Å². The molecular weight excluding hydrogens is 316 g/mol. The molecule has 3 rings (SSSR count). The molecule has 3 aromatic rings. The van der Waals surface area contributed by atoms with Gasteiger partial charge in [0.15, 0.2) is 0 Å². The summed E-state index contributed by atoms with van der Waals surface area (Å²) in [5.41, 5.74) is 7.60. The van der Waals surface area contributed by atoms with Gasteiger partial charge in [0.25, 0.3) is 0 Å². The van der Waals surface area contributed by atoms with Crippen molar-refractivity contribution in [2.24, 2.45) is 0 Å². The number of benzene rings is 2. The maximum absolute atomic E-state index is 13.9. The molecule has 0 unspecified atom stereocenters. The number of nitrogen functional groups attached to an aromatic ring is 1. The average molecular weight is 329 g/mol. The fourth-order valence-corrected chi connectivity index (χ4v) is 2.42. The Hall–Kier alpha value is -3.22. The third-order valence-electron chi connectivity index (χ3n) is 3.52. The van der Waals surface area contributed by atoms with Gasteiger partial charge in [-0.05, 0) is 30.3 Å². The summed E-state index contributed by atoms with van der Waals surface area (Å²) in [4.78, 5) is 10.7. The van der Waals surface area contributed by atoms with Crippen molar-refractivity contribution >= 4 is 28.6 Å². The van der Waals surface area contributed by atoms with Crippen molar-refractivity contribution in [2.45, 2.75) is 6.54 Å². The predicted molar refractivity (Wildman–Crippen MR) is 86.3 cm³/mol. The average Bonchev–Trinajstić information content (AvgIpc) is 2.85. The highest BCUT2D eigenvalue weighted by molar-refractivity contribution is 5.93. The molecule has 122 valence electrons. The topological polar surface area (TPSA) is 81.1 Å². The van der Waals surface area contributed by atoms with Crippen LogP contribution in [0.5, 0.6) is 0 Å². The molecule has 7 heteroatoms. The highest BCUT2D eigenvalue weighted by Gasteiger charge is 2.12. The number of hydrogen-bond acceptors (Lipinski definition) is 3. The first kappa shape index (κ1) is 15.7. The molecule has 0 atom stereocenters. The van der Waals surface area contributed by atoms with Gasteiger partial charge in [-0.25, -0.2) is 13.6 Å². The summed E-state index contributed by atoms with van der Waals surface area (Å²) < 4.78 is 28.4. The Morgan fingerprint density at radius 2 is 2.04 bits per heavy atom. The molecule has 0 aliphatic rings. The molecule has 2 aromatic carbocycles. The van der Waals surface area contributed by atoms with Crippen molar-refractivity contribution in [1.82, 2.24) is 9.78 Å². The van der Waals surface area contributed by atoms with Gasteiger partial charge in [-0.1, -0.05) is 6.07 Å². The van der Waals surface area contributed by atoms with Gasteiger partial charge in [0.05, 0.1) is 17.8 Å². The normalized spacial score (nSPS) is 11.4. The fourth-order valence-electron chi connectivity index (χ4n) is 2.42. The minimum absolute atomic E-state index is 0.0625. The van der Waals surface area contributed by atoms with E-state index < -0.39 is 17.6 Å². The van der Waals surface area contributed by atoms with Crippen LogP contribution in [0.15, 0.2) is 42.5 Å². The zero-order chi connectivity index (χ0) is 17.3. The third-order valence-corrected chi connectivity index (χ3v) is 3.52. The van der Waals surface area contributed by atoms with Crippen LogP contribution in [0, 0.1) is 11.6 Å². The summed E-state index contributed by atoms with van der Waals surface area (Å²) in [6, 6.07) is 8.38. The number of nitrogens with zero attached hydrogens (tertiary/aromatic N) is 2. The molecule has 5 nitrogen and oxygen atoms in total. The van der Waals surface area contributed by atoms with Gasteiger partial charge < -0.3 is 10.8 Å². The number of aliphatic carboxylic acids is 1. The summed E-state index contributed by atoms with van der Waals surface area (Å²) in [6.45, 7) is 0.0625. The van der Waals surface area contributed by atoms with E-state index in [9.17, 15) is 13.6 Å². The van der Waals surface area contributed by atoms with E-state index in [4.69, 9.17) is 10.8 Å². The van der Waals surface area contributed by atoms with Crippen LogP contribution in [0.1, 0.15) is 11.3 Å². The molecule has 0 radical (unpaired) electrons. The largest absolute Gasteiger partial charge is 0.478 e. The van der Waals surface area contributed by atoms with Crippen molar-refractivity contribution < 1.29 is 18.7 Å². The van der Waals surface area contributed by atoms with E-state index >= 15 is 0 Å². The van der Waals surface area contributed by atoms with E-state index in [0.717, 1.165) is 12.1 Å². The van der Waals surface area contributed by atoms with Gasteiger partial charge in [-0.2, -0.15) is 5.10 Å². The molecule has 3 N–H and O–H groups in total. The summed E-state index contributed by atoms with van der Waals surface area (Å²) in [5, 5.41) is 13.8. The number of carboxylic acids is 1. The number of nitrogens with two attached hydrogens (primary N) is 1. The number of aromatic nitrogens is 2. The van der Waals surface area contributed by atoms with Gasteiger partial charge in [-0.3, -0.25) is 4.68 Å². The lowest BCUT2D eigenvalue weighted by atomic mass is 10.1. The number of halogens is 2. The van der Waals surface area contributed by atoms with Crippen LogP contribution in [0.3, 0.4) is 0 Å². The van der Waals surface area contributed by atoms with E-state index in [2.05, 4.69) is 5.10 Å². The molecule has 1 heterocycles. The number of fused-ring (bicyclic) bond motifs is 1. The summed E-state index contributed by atoms with van der Waals surface area (Å²) in [5.74, 6) is -2.43. The molecular formula is C17H13F2N3O2. The van der Waals surface area contributed by atoms with E-state index in [0.29, 0.717) is 22.3 Å². The van der Waals surface area contributed by atoms with Crippen LogP contribution >= 0.6 is 0 Å². The number of hydrogen-bond donors (Lipinski definition) is 2. The monoisotopic (exact) mass is 329 g/mol. The van der Waals surface area contributed by atoms with Gasteiger partial charge in [0.1, 0.15) is 11.6 Å². The Bertz CT molecular complexity index is 964. The Morgan fingerprint density at radius 1 is 1.25 bits per heavy atom. The molecule has 0 amide bonds. The van der Waals surface area contributed by atoms with E-state index in [1.165, 1.54) is 22.9 Å². The number of carboxylic acid groups (broad SMARTS) is 1. The zero-order valence-corrected chi connectivity index (χ0v) is 12.4. The van der Waals surface area contributed by atoms with Crippen LogP contribution in [0.2, 0.25) is 0 Å². The number of anilines is 1. The van der Waals surface area contributed by atoms with Gasteiger partial charge >= 0.3 is 5.97 Å². The molecule has 0 fully saturated rings. The molecule has 0 bridgehead atoms. The first-order valence-electron chi connectivity index (χ1n) is 7.05. The quantitative estimate of drug-likeness (QED) is 0.569. The van der Waals surface area contributed by atoms with Gasteiger partial charge in [0, 0.05) is 28.8 Å². The highest BCUT2D eigenvalue weighted by Crippen LogP contribution is 2.24. The Morgan fingerprint density at radius 3 is 2.75 bits per heavy atom. The molecule has 1 aromatic heterocycles. The van der Waals surface area contributed by atoms with E-state index in [-0.39, 0.29) is 12.1 Å². The second-order valence-corrected chi connectivity index (χ2v) is 5.23. The van der Waals surface area contributed by atoms with Crippen LogP contribution in [-0.4, -0.2) is 20.9 Å². The lowest BCUT2D eigenvalue weighted by Crippen LogP contribution is -2.04. The van der Waals surface area contributed by atoms with Crippen molar-refractivity contribution in [3.63, 3.8) is 0 Å². The Labute approximate surface area is 135 Å². The fraction of sp³-hybridized carbons (Fsp3) is 0.0588. The summed E-state index contributed by atoms with van der Waals surface area (Å²) in [6.07, 6.45) is 2.33. The highest BCUT2D eigenvalue weighted by atomic mass is 19.1. The van der Waals surface area contributed by atoms with Crippen LogP contribution in [0.4, 0.5) is 14.5 Å². The van der Waals surface area contributed by atoms with Crippen molar-refractivity contribution in [3.05, 3.63) is 65.4 Å². The molecule has 0 saturated carbocycles. The third kappa shape index (κ3) is 3.10. The van der Waals surface area contributed by atoms with Crippen molar-refractivity contribution in [3.8, 4) is 0 Å². The van der Waals surface area contributed by atoms with Gasteiger partial charge in [0.2, 0.25) is 0 Å². The number of carbonyl (C=O) groups is 1. The van der Waals surface area contributed by atoms with E-state index in [1.54, 1.807) is 18.2 Å². The summed E-state index contributed by atoms with van der Waals surface area (Å²) >= 11 is 0. The molecule has 0 aliphatic heterocycles. The van der Waals surface area contributed by atoms with Crippen LogP contribution < -0.4 is 5.73 Å². The van der Waals surface area contributed by atoms with Crippen molar-refractivity contribution in [2.75, 3.05) is 5.73 Å². The standard InChI is InChI=1S/C17H13F2N3O2/c18-11-2-1-10(14(19)7-11)9-22-16-8-12(20)3-4-13(16)15(21-22)5-6-17(23)24/h1-8H,9,20H2,(H,23,24)/b6-5+. The zero-order valence-electron chi connectivity index (χ0n) is 12.4. The number of rotatable bonds is 4. The second kappa shape index (κ2) is 6.11. The molecule has 0 spiro atoms. The Kier molecular flexibility index (Phi) is 3.99. The predicted octanol–water partition coefficient (Wildman–Crippen LogP) is 3.04. The lowest BCUT2D eigenvalue weighted by molar-refractivity contribution is -0.131. The SMILES string of the molecule is Nc1ccc2c(/C=C/C(=O)O)nn(Cc3ccc(F)cc3F)c2c1. The first-order valence-corrected chi connectivity index (χ1v) is 7.05. The van der Waals surface area contributed by atoms with E-state index in [1.807, 2.05) is 0 Å². The second-order valence-electron chi connectivity index (χ2n) is 5.23. The van der Waals surface area contributed by atoms with Gasteiger partial charge in [-0.15, -0.1) is 0 Å². The molecule has 0 saturated heterocycles. The van der Waals surface area contributed by atoms with Crippen LogP contribution in [-0.2, 0) is 11.3 Å². The first-order chi connectivity index (χ1) is 11.4. The smallest absolute Gasteiger partial charge is 0.328 e. The molecule has 24 heavy (non-hydrogen) atoms. The maximum Gasteiger partial charge on any atom is 0.328 e.